The van der Waals surface area contributed by atoms with Gasteiger partial charge in [-0.25, -0.2) is 0 Å². The molecule has 16 heavy (non-hydrogen) atoms. The molecule has 1 fully saturated rings. The van der Waals surface area contributed by atoms with Gasteiger partial charge < -0.3 is 15.2 Å². The van der Waals surface area contributed by atoms with Gasteiger partial charge in [0.2, 0.25) is 0 Å². The molecule has 1 aliphatic rings. The highest BCUT2D eigenvalue weighted by atomic mass is 16.5. The predicted molar refractivity (Wildman–Crippen MR) is 61.2 cm³/mol. The van der Waals surface area contributed by atoms with Gasteiger partial charge in [0, 0.05) is 19.8 Å². The molecule has 88 valence electrons. The number of aromatic hydroxyl groups is 1. The van der Waals surface area contributed by atoms with Gasteiger partial charge in [0.05, 0.1) is 11.9 Å². The Kier molecular flexibility index (Phi) is 4.13. The van der Waals surface area contributed by atoms with E-state index in [1.54, 1.807) is 6.07 Å². The molecular formula is C12H18N2O2. The minimum absolute atomic E-state index is 0.215. The summed E-state index contributed by atoms with van der Waals surface area (Å²) in [6.45, 7) is 3.59. The third-order valence-corrected chi connectivity index (χ3v) is 2.87. The van der Waals surface area contributed by atoms with Crippen molar-refractivity contribution in [3.63, 3.8) is 0 Å². The maximum Gasteiger partial charge on any atom is 0.133 e. The molecule has 1 saturated heterocycles. The van der Waals surface area contributed by atoms with Crippen molar-refractivity contribution >= 4 is 0 Å². The first-order valence-electron chi connectivity index (χ1n) is 5.77. The SMILES string of the molecule is Oc1ccc(CNCCC2CCOC2)nc1. The Morgan fingerprint density at radius 3 is 3.12 bits per heavy atom. The normalized spacial score (nSPS) is 20.1. The smallest absolute Gasteiger partial charge is 0.133 e. The Morgan fingerprint density at radius 2 is 2.44 bits per heavy atom. The molecule has 2 heterocycles. The van der Waals surface area contributed by atoms with Crippen molar-refractivity contribution in [2.45, 2.75) is 19.4 Å². The maximum absolute atomic E-state index is 9.08. The maximum atomic E-state index is 9.08. The van der Waals surface area contributed by atoms with E-state index in [9.17, 15) is 0 Å². The molecule has 0 saturated carbocycles. The molecular weight excluding hydrogens is 204 g/mol. The van der Waals surface area contributed by atoms with Crippen LogP contribution in [0.25, 0.3) is 0 Å². The van der Waals surface area contributed by atoms with Crippen molar-refractivity contribution in [3.05, 3.63) is 24.0 Å². The molecule has 0 spiro atoms. The lowest BCUT2D eigenvalue weighted by Gasteiger charge is -2.08. The molecule has 1 aromatic heterocycles. The second kappa shape index (κ2) is 5.82. The first kappa shape index (κ1) is 11.4. The number of hydrogen-bond acceptors (Lipinski definition) is 4. The van der Waals surface area contributed by atoms with Gasteiger partial charge in [-0.1, -0.05) is 0 Å². The lowest BCUT2D eigenvalue weighted by atomic mass is 10.1. The lowest BCUT2D eigenvalue weighted by Crippen LogP contribution is -2.18. The Balaban J connectivity index is 1.62. The van der Waals surface area contributed by atoms with Crippen LogP contribution in [0.4, 0.5) is 0 Å². The van der Waals surface area contributed by atoms with Crippen molar-refractivity contribution in [3.8, 4) is 5.75 Å². The van der Waals surface area contributed by atoms with Crippen molar-refractivity contribution in [1.29, 1.82) is 0 Å². The molecule has 1 unspecified atom stereocenters. The Labute approximate surface area is 95.7 Å². The van der Waals surface area contributed by atoms with Crippen LogP contribution in [0.5, 0.6) is 5.75 Å². The molecule has 0 aromatic carbocycles. The third-order valence-electron chi connectivity index (χ3n) is 2.87. The second-order valence-corrected chi connectivity index (χ2v) is 4.20. The molecule has 0 aliphatic carbocycles. The number of aromatic nitrogens is 1. The van der Waals surface area contributed by atoms with Crippen LogP contribution in [-0.2, 0) is 11.3 Å². The summed E-state index contributed by atoms with van der Waals surface area (Å²) in [7, 11) is 0. The van der Waals surface area contributed by atoms with E-state index in [1.807, 2.05) is 6.07 Å². The number of nitrogens with zero attached hydrogens (tertiary/aromatic N) is 1. The van der Waals surface area contributed by atoms with E-state index >= 15 is 0 Å². The highest BCUT2D eigenvalue weighted by molar-refractivity contribution is 5.17. The zero-order valence-corrected chi connectivity index (χ0v) is 9.35. The van der Waals surface area contributed by atoms with E-state index in [1.165, 1.54) is 12.6 Å². The van der Waals surface area contributed by atoms with E-state index in [0.29, 0.717) is 0 Å². The highest BCUT2D eigenvalue weighted by Crippen LogP contribution is 2.15. The lowest BCUT2D eigenvalue weighted by molar-refractivity contribution is 0.184. The fourth-order valence-electron chi connectivity index (χ4n) is 1.85. The number of nitrogens with one attached hydrogen (secondary N) is 1. The fourth-order valence-corrected chi connectivity index (χ4v) is 1.85. The summed E-state index contributed by atoms with van der Waals surface area (Å²) >= 11 is 0. The summed E-state index contributed by atoms with van der Waals surface area (Å²) in [6.07, 6.45) is 3.83. The van der Waals surface area contributed by atoms with Crippen LogP contribution in [-0.4, -0.2) is 29.8 Å². The molecule has 1 aromatic rings. The van der Waals surface area contributed by atoms with E-state index in [0.717, 1.165) is 44.3 Å². The molecule has 0 bridgehead atoms. The minimum atomic E-state index is 0.215. The molecule has 4 heteroatoms. The number of pyridine rings is 1. The Bertz CT molecular complexity index is 307. The molecule has 2 rings (SSSR count). The van der Waals surface area contributed by atoms with Crippen molar-refractivity contribution in [1.82, 2.24) is 10.3 Å². The molecule has 0 amide bonds. The van der Waals surface area contributed by atoms with Crippen LogP contribution >= 0.6 is 0 Å². The monoisotopic (exact) mass is 222 g/mol. The van der Waals surface area contributed by atoms with Gasteiger partial charge in [0.1, 0.15) is 5.75 Å². The van der Waals surface area contributed by atoms with Gasteiger partial charge in [0.15, 0.2) is 0 Å². The highest BCUT2D eigenvalue weighted by Gasteiger charge is 2.14. The fraction of sp³-hybridized carbons (Fsp3) is 0.583. The predicted octanol–water partition coefficient (Wildman–Crippen LogP) is 1.30. The van der Waals surface area contributed by atoms with Crippen LogP contribution in [0, 0.1) is 5.92 Å². The molecule has 2 N–H and O–H groups in total. The topological polar surface area (TPSA) is 54.4 Å². The summed E-state index contributed by atoms with van der Waals surface area (Å²) in [4.78, 5) is 4.11. The van der Waals surface area contributed by atoms with Crippen LogP contribution in [0.1, 0.15) is 18.5 Å². The van der Waals surface area contributed by atoms with Crippen LogP contribution in [0.3, 0.4) is 0 Å². The largest absolute Gasteiger partial charge is 0.506 e. The van der Waals surface area contributed by atoms with Gasteiger partial charge in [-0.15, -0.1) is 0 Å². The van der Waals surface area contributed by atoms with Gasteiger partial charge in [0.25, 0.3) is 0 Å². The van der Waals surface area contributed by atoms with Crippen molar-refractivity contribution < 1.29 is 9.84 Å². The quantitative estimate of drug-likeness (QED) is 0.737. The number of ether oxygens (including phenoxy) is 1. The zero-order valence-electron chi connectivity index (χ0n) is 9.35. The van der Waals surface area contributed by atoms with Crippen molar-refractivity contribution in [2.24, 2.45) is 5.92 Å². The zero-order chi connectivity index (χ0) is 11.2. The minimum Gasteiger partial charge on any atom is -0.506 e. The third kappa shape index (κ3) is 3.47. The average molecular weight is 222 g/mol. The van der Waals surface area contributed by atoms with Gasteiger partial charge in [-0.3, -0.25) is 4.98 Å². The van der Waals surface area contributed by atoms with Crippen LogP contribution in [0.15, 0.2) is 18.3 Å². The number of rotatable bonds is 5. The molecule has 1 aliphatic heterocycles. The molecule has 0 radical (unpaired) electrons. The molecule has 4 nitrogen and oxygen atoms in total. The van der Waals surface area contributed by atoms with Crippen LogP contribution < -0.4 is 5.32 Å². The standard InChI is InChI=1S/C12H18N2O2/c15-12-2-1-11(14-8-12)7-13-5-3-10-4-6-16-9-10/h1-2,8,10,13,15H,3-7,9H2. The second-order valence-electron chi connectivity index (χ2n) is 4.20. The first-order chi connectivity index (χ1) is 7.84. The first-order valence-corrected chi connectivity index (χ1v) is 5.77. The van der Waals surface area contributed by atoms with E-state index in [2.05, 4.69) is 10.3 Å². The summed E-state index contributed by atoms with van der Waals surface area (Å²) in [5, 5.41) is 12.4. The van der Waals surface area contributed by atoms with E-state index < -0.39 is 0 Å². The van der Waals surface area contributed by atoms with Gasteiger partial charge in [-0.05, 0) is 37.4 Å². The summed E-state index contributed by atoms with van der Waals surface area (Å²) in [5.74, 6) is 0.937. The van der Waals surface area contributed by atoms with Gasteiger partial charge >= 0.3 is 0 Å². The summed E-state index contributed by atoms with van der Waals surface area (Å²) in [6, 6.07) is 3.50. The van der Waals surface area contributed by atoms with Gasteiger partial charge in [-0.2, -0.15) is 0 Å². The van der Waals surface area contributed by atoms with E-state index in [4.69, 9.17) is 9.84 Å². The molecule has 1 atom stereocenters. The number of hydrogen-bond donors (Lipinski definition) is 2. The Hall–Kier alpha value is -1.13. The van der Waals surface area contributed by atoms with Crippen molar-refractivity contribution in [2.75, 3.05) is 19.8 Å². The average Bonchev–Trinajstić information content (AvgIpc) is 2.80. The van der Waals surface area contributed by atoms with E-state index in [-0.39, 0.29) is 5.75 Å². The summed E-state index contributed by atoms with van der Waals surface area (Å²) < 4.78 is 5.32. The summed E-state index contributed by atoms with van der Waals surface area (Å²) in [5.41, 5.74) is 0.959. The Morgan fingerprint density at radius 1 is 1.50 bits per heavy atom. The van der Waals surface area contributed by atoms with Crippen LogP contribution in [0.2, 0.25) is 0 Å².